The summed E-state index contributed by atoms with van der Waals surface area (Å²) in [6.07, 6.45) is 4.52. The minimum Gasteiger partial charge on any atom is -0.467 e. The van der Waals surface area contributed by atoms with Crippen LogP contribution in [0.15, 0.2) is 66.9 Å². The molecule has 31 heavy (non-hydrogen) atoms. The van der Waals surface area contributed by atoms with Gasteiger partial charge in [0.2, 0.25) is 0 Å². The van der Waals surface area contributed by atoms with E-state index in [9.17, 15) is 19.2 Å². The van der Waals surface area contributed by atoms with Gasteiger partial charge in [-0.3, -0.25) is 19.3 Å². The van der Waals surface area contributed by atoms with Crippen molar-refractivity contribution in [3.8, 4) is 0 Å². The summed E-state index contributed by atoms with van der Waals surface area (Å²) in [4.78, 5) is 54.5. The van der Waals surface area contributed by atoms with Gasteiger partial charge in [0.15, 0.2) is 0 Å². The highest BCUT2D eigenvalue weighted by Crippen LogP contribution is 2.28. The first-order chi connectivity index (χ1) is 15.0. The smallest absolute Gasteiger partial charge is 0.328 e. The molecule has 0 N–H and O–H groups in total. The second kappa shape index (κ2) is 8.55. The molecule has 2 aliphatic rings. The highest BCUT2D eigenvalue weighted by Gasteiger charge is 2.45. The van der Waals surface area contributed by atoms with Gasteiger partial charge in [0.25, 0.3) is 17.7 Å². The predicted molar refractivity (Wildman–Crippen MR) is 112 cm³/mol. The highest BCUT2D eigenvalue weighted by molar-refractivity contribution is 6.23. The first kappa shape index (κ1) is 20.5. The summed E-state index contributed by atoms with van der Waals surface area (Å²) >= 11 is 0. The predicted octanol–water partition coefficient (Wildman–Crippen LogP) is 2.57. The summed E-state index contributed by atoms with van der Waals surface area (Å²) < 4.78 is 4.87. The number of carbonyl (C=O) groups excluding carboxylic acids is 4. The zero-order valence-electron chi connectivity index (χ0n) is 17.1. The van der Waals surface area contributed by atoms with Crippen molar-refractivity contribution in [1.82, 2.24) is 9.80 Å². The molecule has 0 spiro atoms. The van der Waals surface area contributed by atoms with Crippen LogP contribution in [0.5, 0.6) is 0 Å². The number of imide groups is 1. The number of amides is 3. The molecule has 2 aliphatic heterocycles. The molecule has 0 saturated heterocycles. The summed E-state index contributed by atoms with van der Waals surface area (Å²) in [5, 5.41) is 0. The number of hydrogen-bond acceptors (Lipinski definition) is 5. The van der Waals surface area contributed by atoms with Crippen molar-refractivity contribution >= 4 is 23.7 Å². The number of carbonyl (C=O) groups is 4. The largest absolute Gasteiger partial charge is 0.467 e. The fourth-order valence-corrected chi connectivity index (χ4v) is 4.07. The van der Waals surface area contributed by atoms with Crippen LogP contribution < -0.4 is 0 Å². The summed E-state index contributed by atoms with van der Waals surface area (Å²) in [5.41, 5.74) is 1.35. The number of allylic oxidation sites excluding steroid dienone is 1. The van der Waals surface area contributed by atoms with Gasteiger partial charge in [0, 0.05) is 12.6 Å². The van der Waals surface area contributed by atoms with Crippen LogP contribution in [0, 0.1) is 0 Å². The number of esters is 1. The normalized spacial score (nSPS) is 18.7. The third-order valence-electron chi connectivity index (χ3n) is 5.63. The molecule has 0 saturated carbocycles. The lowest BCUT2D eigenvalue weighted by atomic mass is 10.00. The van der Waals surface area contributed by atoms with Gasteiger partial charge in [0.1, 0.15) is 12.1 Å². The minimum absolute atomic E-state index is 0.142. The molecule has 4 rings (SSSR count). The molecular weight excluding hydrogens is 396 g/mol. The summed E-state index contributed by atoms with van der Waals surface area (Å²) in [5.74, 6) is -2.04. The Hall–Kier alpha value is -3.74. The third kappa shape index (κ3) is 3.74. The van der Waals surface area contributed by atoms with E-state index < -0.39 is 35.8 Å². The molecule has 158 valence electrons. The Bertz CT molecular complexity index is 1030. The Morgan fingerprint density at radius 2 is 1.61 bits per heavy atom. The van der Waals surface area contributed by atoms with Crippen molar-refractivity contribution in [2.24, 2.45) is 0 Å². The van der Waals surface area contributed by atoms with Crippen LogP contribution in [0.3, 0.4) is 0 Å². The van der Waals surface area contributed by atoms with E-state index in [2.05, 4.69) is 0 Å². The fraction of sp³-hybridized carbons (Fsp3) is 0.250. The number of benzene rings is 2. The van der Waals surface area contributed by atoms with E-state index in [0.717, 1.165) is 10.5 Å². The zero-order valence-corrected chi connectivity index (χ0v) is 17.1. The molecule has 2 aromatic carbocycles. The number of methoxy groups -OCH3 is 1. The van der Waals surface area contributed by atoms with Gasteiger partial charge < -0.3 is 9.64 Å². The number of fused-ring (bicyclic) bond motifs is 1. The van der Waals surface area contributed by atoms with Crippen molar-refractivity contribution < 1.29 is 23.9 Å². The maximum atomic E-state index is 13.7. The third-order valence-corrected chi connectivity index (χ3v) is 5.63. The van der Waals surface area contributed by atoms with Crippen LogP contribution in [0.2, 0.25) is 0 Å². The molecular formula is C24H22N2O5. The fourth-order valence-electron chi connectivity index (χ4n) is 4.07. The Kier molecular flexibility index (Phi) is 5.66. The molecule has 0 bridgehead atoms. The van der Waals surface area contributed by atoms with Gasteiger partial charge in [0.05, 0.1) is 18.2 Å². The molecule has 0 radical (unpaired) electrons. The van der Waals surface area contributed by atoms with Crippen molar-refractivity contribution in [1.29, 1.82) is 0 Å². The van der Waals surface area contributed by atoms with E-state index in [0.29, 0.717) is 12.8 Å². The Morgan fingerprint density at radius 3 is 2.23 bits per heavy atom. The first-order valence-electron chi connectivity index (χ1n) is 10.1. The average molecular weight is 418 g/mol. The van der Waals surface area contributed by atoms with E-state index in [4.69, 9.17) is 4.74 Å². The van der Waals surface area contributed by atoms with Gasteiger partial charge in [-0.25, -0.2) is 4.79 Å². The van der Waals surface area contributed by atoms with Crippen molar-refractivity contribution in [3.63, 3.8) is 0 Å². The Balaban J connectivity index is 1.73. The maximum absolute atomic E-state index is 13.7. The second-order valence-electron chi connectivity index (χ2n) is 7.48. The van der Waals surface area contributed by atoms with Gasteiger partial charge in [-0.2, -0.15) is 0 Å². The molecule has 2 atom stereocenters. The summed E-state index contributed by atoms with van der Waals surface area (Å²) in [6.45, 7) is 0. The maximum Gasteiger partial charge on any atom is 0.328 e. The lowest BCUT2D eigenvalue weighted by Crippen LogP contribution is -2.55. The van der Waals surface area contributed by atoms with Gasteiger partial charge in [-0.05, 0) is 30.5 Å². The molecule has 3 amide bonds. The number of rotatable bonds is 5. The molecule has 2 heterocycles. The number of ether oxygens (including phenoxy) is 1. The quantitative estimate of drug-likeness (QED) is 0.551. The van der Waals surface area contributed by atoms with Crippen LogP contribution in [0.25, 0.3) is 0 Å². The van der Waals surface area contributed by atoms with Crippen LogP contribution in [-0.4, -0.2) is 52.7 Å². The van der Waals surface area contributed by atoms with E-state index in [1.54, 1.807) is 36.5 Å². The lowest BCUT2D eigenvalue weighted by Gasteiger charge is -2.35. The Labute approximate surface area is 179 Å². The van der Waals surface area contributed by atoms with E-state index in [1.807, 2.05) is 30.3 Å². The summed E-state index contributed by atoms with van der Waals surface area (Å²) in [6, 6.07) is 13.8. The van der Waals surface area contributed by atoms with Crippen molar-refractivity contribution in [2.75, 3.05) is 7.11 Å². The number of nitrogens with zero attached hydrogens (tertiary/aromatic N) is 2. The average Bonchev–Trinajstić information content (AvgIpc) is 3.07. The van der Waals surface area contributed by atoms with Crippen molar-refractivity contribution in [3.05, 3.63) is 83.6 Å². The lowest BCUT2D eigenvalue weighted by molar-refractivity contribution is -0.152. The highest BCUT2D eigenvalue weighted by atomic mass is 16.5. The minimum atomic E-state index is -1.09. The Morgan fingerprint density at radius 1 is 1.00 bits per heavy atom. The zero-order chi connectivity index (χ0) is 22.0. The second-order valence-corrected chi connectivity index (χ2v) is 7.48. The molecule has 0 fully saturated rings. The van der Waals surface area contributed by atoms with Gasteiger partial charge in [-0.15, -0.1) is 0 Å². The van der Waals surface area contributed by atoms with Crippen LogP contribution in [0.1, 0.15) is 39.1 Å². The van der Waals surface area contributed by atoms with Crippen LogP contribution in [-0.2, 0) is 20.7 Å². The van der Waals surface area contributed by atoms with Crippen molar-refractivity contribution in [2.45, 2.75) is 31.3 Å². The topological polar surface area (TPSA) is 84.0 Å². The van der Waals surface area contributed by atoms with Crippen LogP contribution in [0.4, 0.5) is 0 Å². The van der Waals surface area contributed by atoms with E-state index >= 15 is 0 Å². The standard InChI is InChI=1S/C24H22N2O5/c1-31-24(30)19-13-7-8-14-25(19)23(29)20(15-16-9-3-2-4-10-16)26-21(27)17-11-5-6-12-18(17)22(26)28/h2-6,8-12,14,19-20H,7,13,15H2,1H3/t19-,20+/m0/s1. The molecule has 0 aromatic heterocycles. The molecule has 7 heteroatoms. The molecule has 7 nitrogen and oxygen atoms in total. The van der Waals surface area contributed by atoms with Gasteiger partial charge in [-0.1, -0.05) is 48.5 Å². The molecule has 0 aliphatic carbocycles. The summed E-state index contributed by atoms with van der Waals surface area (Å²) in [7, 11) is 1.27. The first-order valence-corrected chi connectivity index (χ1v) is 10.1. The monoisotopic (exact) mass is 418 g/mol. The SMILES string of the molecule is COC(=O)[C@@H]1CCC=CN1C(=O)[C@@H](Cc1ccccc1)N1C(=O)c2ccccc2C1=O. The van der Waals surface area contributed by atoms with Crippen LogP contribution >= 0.6 is 0 Å². The molecule has 0 unspecified atom stereocenters. The number of hydrogen-bond donors (Lipinski definition) is 0. The van der Waals surface area contributed by atoms with E-state index in [-0.39, 0.29) is 17.5 Å². The van der Waals surface area contributed by atoms with Gasteiger partial charge >= 0.3 is 5.97 Å². The van der Waals surface area contributed by atoms with E-state index in [1.165, 1.54) is 12.0 Å². The molecule has 2 aromatic rings.